The number of aliphatic imine (C=N–C) groups is 1. The number of benzene rings is 2. The van der Waals surface area contributed by atoms with Gasteiger partial charge in [0.05, 0.1) is 19.4 Å². The molecule has 0 aliphatic rings. The molecule has 0 saturated carbocycles. The van der Waals surface area contributed by atoms with Crippen molar-refractivity contribution in [1.29, 1.82) is 0 Å². The molecule has 132 valence electrons. The quantitative estimate of drug-likeness (QED) is 0.288. The normalized spacial score (nSPS) is 10.6. The number of rotatable bonds is 8. The molecule has 0 spiro atoms. The Bertz CT molecular complexity index is 678. The first-order valence-corrected chi connectivity index (χ1v) is 8.34. The van der Waals surface area contributed by atoms with Crippen LogP contribution in [0.2, 0.25) is 0 Å². The van der Waals surface area contributed by atoms with Gasteiger partial charge < -0.3 is 14.2 Å². The summed E-state index contributed by atoms with van der Waals surface area (Å²) >= 11 is 0. The van der Waals surface area contributed by atoms with Gasteiger partial charge >= 0.3 is 6.16 Å². The molecular weight excluding hydrogens is 318 g/mol. The Labute approximate surface area is 148 Å². The summed E-state index contributed by atoms with van der Waals surface area (Å²) in [6.45, 7) is 2.48. The molecule has 0 saturated heterocycles. The van der Waals surface area contributed by atoms with E-state index in [2.05, 4.69) is 11.9 Å². The van der Waals surface area contributed by atoms with Gasteiger partial charge in [-0.25, -0.2) is 4.79 Å². The highest BCUT2D eigenvalue weighted by Gasteiger charge is 2.05. The molecule has 0 aliphatic heterocycles. The van der Waals surface area contributed by atoms with Gasteiger partial charge in [0.25, 0.3) is 0 Å². The van der Waals surface area contributed by atoms with Crippen molar-refractivity contribution in [2.75, 3.05) is 13.7 Å². The molecule has 25 heavy (non-hydrogen) atoms. The monoisotopic (exact) mass is 341 g/mol. The first-order valence-electron chi connectivity index (χ1n) is 8.34. The van der Waals surface area contributed by atoms with Crippen LogP contribution in [0.1, 0.15) is 31.7 Å². The molecule has 2 aromatic carbocycles. The van der Waals surface area contributed by atoms with Gasteiger partial charge in [-0.3, -0.25) is 4.99 Å². The topological polar surface area (TPSA) is 57.1 Å². The SMILES string of the molecule is CCCCCOC(=O)Oc1ccc(C=Nc2ccc(OC)cc2)cc1. The maximum Gasteiger partial charge on any atom is 0.513 e. The fraction of sp³-hybridized carbons (Fsp3) is 0.300. The van der Waals surface area contributed by atoms with E-state index < -0.39 is 6.16 Å². The highest BCUT2D eigenvalue weighted by Crippen LogP contribution is 2.18. The van der Waals surface area contributed by atoms with Gasteiger partial charge in [0.15, 0.2) is 0 Å². The average molecular weight is 341 g/mol. The number of hydrogen-bond acceptors (Lipinski definition) is 5. The summed E-state index contributed by atoms with van der Waals surface area (Å²) in [5, 5.41) is 0. The van der Waals surface area contributed by atoms with Crippen molar-refractivity contribution in [1.82, 2.24) is 0 Å². The van der Waals surface area contributed by atoms with Crippen LogP contribution in [0.5, 0.6) is 11.5 Å². The number of unbranched alkanes of at least 4 members (excludes halogenated alkanes) is 2. The second kappa shape index (κ2) is 10.1. The van der Waals surface area contributed by atoms with Crippen LogP contribution >= 0.6 is 0 Å². The van der Waals surface area contributed by atoms with Crippen molar-refractivity contribution < 1.29 is 19.0 Å². The highest BCUT2D eigenvalue weighted by atomic mass is 16.7. The molecule has 0 aliphatic carbocycles. The zero-order valence-electron chi connectivity index (χ0n) is 14.6. The lowest BCUT2D eigenvalue weighted by Gasteiger charge is -2.05. The van der Waals surface area contributed by atoms with Gasteiger partial charge in [-0.05, 0) is 60.5 Å². The van der Waals surface area contributed by atoms with Crippen molar-refractivity contribution in [3.8, 4) is 11.5 Å². The molecule has 0 unspecified atom stereocenters. The summed E-state index contributed by atoms with van der Waals surface area (Å²) < 4.78 is 15.2. The van der Waals surface area contributed by atoms with Crippen LogP contribution in [-0.2, 0) is 4.74 Å². The first kappa shape index (κ1) is 18.5. The molecule has 2 rings (SSSR count). The zero-order valence-corrected chi connectivity index (χ0v) is 14.6. The van der Waals surface area contributed by atoms with E-state index in [1.54, 1.807) is 25.5 Å². The van der Waals surface area contributed by atoms with E-state index in [-0.39, 0.29) is 0 Å². The lowest BCUT2D eigenvalue weighted by Crippen LogP contribution is -2.11. The molecule has 2 aromatic rings. The van der Waals surface area contributed by atoms with Crippen LogP contribution in [0.15, 0.2) is 53.5 Å². The lowest BCUT2D eigenvalue weighted by molar-refractivity contribution is 0.0974. The smallest absolute Gasteiger partial charge is 0.497 e. The standard InChI is InChI=1S/C20H23NO4/c1-3-4-5-14-24-20(22)25-19-10-6-16(7-11-19)15-21-17-8-12-18(23-2)13-9-17/h6-13,15H,3-5,14H2,1-2H3. The fourth-order valence-corrected chi connectivity index (χ4v) is 2.07. The van der Waals surface area contributed by atoms with Crippen molar-refractivity contribution >= 4 is 18.1 Å². The summed E-state index contributed by atoms with van der Waals surface area (Å²) in [6, 6.07) is 14.5. The molecule has 0 bridgehead atoms. The second-order valence-electron chi connectivity index (χ2n) is 5.43. The maximum absolute atomic E-state index is 11.5. The van der Waals surface area contributed by atoms with E-state index in [1.165, 1.54) is 0 Å². The summed E-state index contributed by atoms with van der Waals surface area (Å²) in [5.41, 5.74) is 1.73. The first-order chi connectivity index (χ1) is 12.2. The van der Waals surface area contributed by atoms with E-state index in [4.69, 9.17) is 14.2 Å². The van der Waals surface area contributed by atoms with Crippen molar-refractivity contribution in [2.45, 2.75) is 26.2 Å². The average Bonchev–Trinajstić information content (AvgIpc) is 2.65. The van der Waals surface area contributed by atoms with Gasteiger partial charge in [-0.15, -0.1) is 0 Å². The summed E-state index contributed by atoms with van der Waals surface area (Å²) in [6.07, 6.45) is 4.05. The fourth-order valence-electron chi connectivity index (χ4n) is 2.07. The second-order valence-corrected chi connectivity index (χ2v) is 5.43. The summed E-state index contributed by atoms with van der Waals surface area (Å²) in [4.78, 5) is 15.9. The largest absolute Gasteiger partial charge is 0.513 e. The Hall–Kier alpha value is -2.82. The third-order valence-electron chi connectivity index (χ3n) is 3.48. The van der Waals surface area contributed by atoms with Crippen LogP contribution in [0.25, 0.3) is 0 Å². The van der Waals surface area contributed by atoms with Crippen molar-refractivity contribution in [2.24, 2.45) is 4.99 Å². The number of carbonyl (C=O) groups is 1. The molecule has 0 N–H and O–H groups in total. The van der Waals surface area contributed by atoms with Crippen LogP contribution in [-0.4, -0.2) is 26.1 Å². The summed E-state index contributed by atoms with van der Waals surface area (Å²) in [5.74, 6) is 1.24. The van der Waals surface area contributed by atoms with E-state index in [0.717, 1.165) is 36.3 Å². The molecule has 0 fully saturated rings. The Morgan fingerprint density at radius 1 is 1.00 bits per heavy atom. The molecule has 0 amide bonds. The maximum atomic E-state index is 11.5. The van der Waals surface area contributed by atoms with Crippen LogP contribution in [0.4, 0.5) is 10.5 Å². The van der Waals surface area contributed by atoms with E-state index in [1.807, 2.05) is 36.4 Å². The lowest BCUT2D eigenvalue weighted by atomic mass is 10.2. The van der Waals surface area contributed by atoms with Crippen LogP contribution in [0.3, 0.4) is 0 Å². The molecule has 0 aromatic heterocycles. The molecule has 0 radical (unpaired) electrons. The molecule has 0 atom stereocenters. The van der Waals surface area contributed by atoms with Gasteiger partial charge in [-0.1, -0.05) is 19.8 Å². The van der Waals surface area contributed by atoms with Gasteiger partial charge in [0.2, 0.25) is 0 Å². The van der Waals surface area contributed by atoms with Gasteiger partial charge in [-0.2, -0.15) is 0 Å². The Kier molecular flexibility index (Phi) is 7.50. The third kappa shape index (κ3) is 6.67. The van der Waals surface area contributed by atoms with E-state index >= 15 is 0 Å². The minimum atomic E-state index is -0.671. The number of hydrogen-bond donors (Lipinski definition) is 0. The predicted molar refractivity (Wildman–Crippen MR) is 98.2 cm³/mol. The number of ether oxygens (including phenoxy) is 3. The van der Waals surface area contributed by atoms with E-state index in [0.29, 0.717) is 12.4 Å². The summed E-state index contributed by atoms with van der Waals surface area (Å²) in [7, 11) is 1.63. The molecular formula is C20H23NO4. The number of methoxy groups -OCH3 is 1. The zero-order chi connectivity index (χ0) is 17.9. The number of nitrogens with zero attached hydrogens (tertiary/aromatic N) is 1. The van der Waals surface area contributed by atoms with Crippen LogP contribution in [0, 0.1) is 0 Å². The molecule has 5 nitrogen and oxygen atoms in total. The van der Waals surface area contributed by atoms with Gasteiger partial charge in [0.1, 0.15) is 11.5 Å². The Balaban J connectivity index is 1.84. The minimum absolute atomic E-state index is 0.388. The highest BCUT2D eigenvalue weighted by molar-refractivity contribution is 5.82. The predicted octanol–water partition coefficient (Wildman–Crippen LogP) is 5.15. The Morgan fingerprint density at radius 3 is 2.32 bits per heavy atom. The third-order valence-corrected chi connectivity index (χ3v) is 3.48. The van der Waals surface area contributed by atoms with Crippen LogP contribution < -0.4 is 9.47 Å². The van der Waals surface area contributed by atoms with E-state index in [9.17, 15) is 4.79 Å². The van der Waals surface area contributed by atoms with Crippen molar-refractivity contribution in [3.63, 3.8) is 0 Å². The Morgan fingerprint density at radius 2 is 1.68 bits per heavy atom. The molecule has 0 heterocycles. The minimum Gasteiger partial charge on any atom is -0.497 e. The molecule has 5 heteroatoms. The van der Waals surface area contributed by atoms with Crippen molar-refractivity contribution in [3.05, 3.63) is 54.1 Å². The van der Waals surface area contributed by atoms with Gasteiger partial charge in [0, 0.05) is 6.21 Å². The number of carbonyl (C=O) groups excluding carboxylic acids is 1.